The van der Waals surface area contributed by atoms with E-state index in [-0.39, 0.29) is 11.9 Å². The van der Waals surface area contributed by atoms with Crippen LogP contribution in [0.3, 0.4) is 0 Å². The Kier molecular flexibility index (Phi) is 6.68. The Morgan fingerprint density at radius 2 is 2.32 bits per heavy atom. The Bertz CT molecular complexity index is 418. The zero-order chi connectivity index (χ0) is 14.1. The second-order valence-electron chi connectivity index (χ2n) is 4.22. The molecule has 1 aromatic carbocycles. The second kappa shape index (κ2) is 8.32. The molecule has 0 heterocycles. The Morgan fingerprint density at radius 3 is 3.00 bits per heavy atom. The third-order valence-electron chi connectivity index (χ3n) is 2.64. The maximum absolute atomic E-state index is 11.6. The van der Waals surface area contributed by atoms with Crippen LogP contribution in [0.1, 0.15) is 19.4 Å². The fraction of sp³-hybridized carbons (Fsp3) is 0.400. The highest BCUT2D eigenvalue weighted by molar-refractivity contribution is 5.81. The van der Waals surface area contributed by atoms with Gasteiger partial charge in [0.15, 0.2) is 0 Å². The number of amides is 1. The van der Waals surface area contributed by atoms with E-state index in [4.69, 9.17) is 4.74 Å². The summed E-state index contributed by atoms with van der Waals surface area (Å²) in [6.07, 6.45) is 1.66. The van der Waals surface area contributed by atoms with Crippen LogP contribution in [0.4, 0.5) is 0 Å². The monoisotopic (exact) mass is 262 g/mol. The van der Waals surface area contributed by atoms with E-state index in [0.717, 1.165) is 11.3 Å². The second-order valence-corrected chi connectivity index (χ2v) is 4.22. The lowest BCUT2D eigenvalue weighted by Crippen LogP contribution is -2.41. The summed E-state index contributed by atoms with van der Waals surface area (Å²) in [4.78, 5) is 11.6. The van der Waals surface area contributed by atoms with Crippen LogP contribution in [-0.4, -0.2) is 25.1 Å². The molecule has 0 aliphatic carbocycles. The van der Waals surface area contributed by atoms with Gasteiger partial charge in [-0.15, -0.1) is 6.58 Å². The highest BCUT2D eigenvalue weighted by Crippen LogP contribution is 2.13. The number of benzene rings is 1. The van der Waals surface area contributed by atoms with Gasteiger partial charge in [-0.2, -0.15) is 0 Å². The van der Waals surface area contributed by atoms with Crippen LogP contribution in [0.5, 0.6) is 5.75 Å². The van der Waals surface area contributed by atoms with Gasteiger partial charge >= 0.3 is 0 Å². The predicted octanol–water partition coefficient (Wildman–Crippen LogP) is 1.87. The Morgan fingerprint density at radius 1 is 1.53 bits per heavy atom. The summed E-state index contributed by atoms with van der Waals surface area (Å²) in [7, 11) is 0. The number of rotatable bonds is 8. The smallest absolute Gasteiger partial charge is 0.237 e. The van der Waals surface area contributed by atoms with Gasteiger partial charge in [-0.25, -0.2) is 0 Å². The van der Waals surface area contributed by atoms with E-state index in [1.165, 1.54) is 0 Å². The molecular formula is C15H22N2O2. The van der Waals surface area contributed by atoms with Crippen LogP contribution in [0, 0.1) is 0 Å². The highest BCUT2D eigenvalue weighted by atomic mass is 16.5. The van der Waals surface area contributed by atoms with Gasteiger partial charge in [0.2, 0.25) is 5.91 Å². The summed E-state index contributed by atoms with van der Waals surface area (Å²) < 4.78 is 5.44. The SMILES string of the molecule is C=CCNC(=O)C(C)NCc1cccc(OCC)c1. The van der Waals surface area contributed by atoms with Crippen molar-refractivity contribution in [1.29, 1.82) is 0 Å². The lowest BCUT2D eigenvalue weighted by molar-refractivity contribution is -0.122. The number of hydrogen-bond donors (Lipinski definition) is 2. The molecule has 0 aromatic heterocycles. The minimum absolute atomic E-state index is 0.0270. The van der Waals surface area contributed by atoms with Crippen molar-refractivity contribution < 1.29 is 9.53 Å². The summed E-state index contributed by atoms with van der Waals surface area (Å²) in [6.45, 7) is 9.13. The minimum atomic E-state index is -0.240. The molecule has 19 heavy (non-hydrogen) atoms. The maximum Gasteiger partial charge on any atom is 0.237 e. The molecule has 0 radical (unpaired) electrons. The van der Waals surface area contributed by atoms with Crippen molar-refractivity contribution >= 4 is 5.91 Å². The van der Waals surface area contributed by atoms with Gasteiger partial charge in [0.05, 0.1) is 12.6 Å². The van der Waals surface area contributed by atoms with Gasteiger partial charge in [0.25, 0.3) is 0 Å². The largest absolute Gasteiger partial charge is 0.494 e. The fourth-order valence-electron chi connectivity index (χ4n) is 1.60. The van der Waals surface area contributed by atoms with E-state index in [2.05, 4.69) is 17.2 Å². The minimum Gasteiger partial charge on any atom is -0.494 e. The first-order valence-corrected chi connectivity index (χ1v) is 6.51. The zero-order valence-corrected chi connectivity index (χ0v) is 11.6. The first-order valence-electron chi connectivity index (χ1n) is 6.51. The van der Waals surface area contributed by atoms with Crippen LogP contribution >= 0.6 is 0 Å². The van der Waals surface area contributed by atoms with Crippen LogP contribution in [0.15, 0.2) is 36.9 Å². The van der Waals surface area contributed by atoms with E-state index in [1.54, 1.807) is 6.08 Å². The number of carbonyl (C=O) groups is 1. The van der Waals surface area contributed by atoms with Crippen molar-refractivity contribution in [2.24, 2.45) is 0 Å². The number of ether oxygens (including phenoxy) is 1. The number of hydrogen-bond acceptors (Lipinski definition) is 3. The zero-order valence-electron chi connectivity index (χ0n) is 11.6. The molecule has 1 aromatic rings. The van der Waals surface area contributed by atoms with E-state index < -0.39 is 0 Å². The quantitative estimate of drug-likeness (QED) is 0.703. The molecule has 4 nitrogen and oxygen atoms in total. The molecule has 1 atom stereocenters. The van der Waals surface area contributed by atoms with Gasteiger partial charge in [-0.1, -0.05) is 18.2 Å². The highest BCUT2D eigenvalue weighted by Gasteiger charge is 2.10. The molecule has 4 heteroatoms. The molecule has 0 fully saturated rings. The lowest BCUT2D eigenvalue weighted by Gasteiger charge is -2.13. The Labute approximate surface area is 114 Å². The van der Waals surface area contributed by atoms with Crippen LogP contribution in [0.25, 0.3) is 0 Å². The number of carbonyl (C=O) groups excluding carboxylic acids is 1. The lowest BCUT2D eigenvalue weighted by atomic mass is 10.2. The van der Waals surface area contributed by atoms with Gasteiger partial charge in [0, 0.05) is 13.1 Å². The average molecular weight is 262 g/mol. The first-order chi connectivity index (χ1) is 9.17. The third kappa shape index (κ3) is 5.57. The summed E-state index contributed by atoms with van der Waals surface area (Å²) in [6, 6.07) is 7.61. The topological polar surface area (TPSA) is 50.4 Å². The van der Waals surface area contributed by atoms with E-state index in [0.29, 0.717) is 19.7 Å². The first kappa shape index (κ1) is 15.2. The van der Waals surface area contributed by atoms with Crippen molar-refractivity contribution in [1.82, 2.24) is 10.6 Å². The van der Waals surface area contributed by atoms with Gasteiger partial charge in [-0.3, -0.25) is 4.79 Å². The van der Waals surface area contributed by atoms with Gasteiger partial charge in [0.1, 0.15) is 5.75 Å². The van der Waals surface area contributed by atoms with Crippen molar-refractivity contribution in [3.8, 4) is 5.75 Å². The van der Waals surface area contributed by atoms with Crippen molar-refractivity contribution in [3.63, 3.8) is 0 Å². The van der Waals surface area contributed by atoms with Crippen molar-refractivity contribution in [2.45, 2.75) is 26.4 Å². The normalized spacial score (nSPS) is 11.7. The van der Waals surface area contributed by atoms with Gasteiger partial charge in [-0.05, 0) is 31.5 Å². The summed E-state index contributed by atoms with van der Waals surface area (Å²) >= 11 is 0. The van der Waals surface area contributed by atoms with Crippen LogP contribution < -0.4 is 15.4 Å². The van der Waals surface area contributed by atoms with Crippen molar-refractivity contribution in [2.75, 3.05) is 13.2 Å². The summed E-state index contributed by atoms with van der Waals surface area (Å²) in [5, 5.41) is 5.93. The molecule has 0 saturated heterocycles. The predicted molar refractivity (Wildman–Crippen MR) is 77.1 cm³/mol. The molecule has 104 valence electrons. The average Bonchev–Trinajstić information content (AvgIpc) is 2.43. The molecule has 1 rings (SSSR count). The van der Waals surface area contributed by atoms with Crippen molar-refractivity contribution in [3.05, 3.63) is 42.5 Å². The molecule has 0 bridgehead atoms. The van der Waals surface area contributed by atoms with E-state index in [9.17, 15) is 4.79 Å². The van der Waals surface area contributed by atoms with Crippen LogP contribution in [-0.2, 0) is 11.3 Å². The third-order valence-corrected chi connectivity index (χ3v) is 2.64. The summed E-state index contributed by atoms with van der Waals surface area (Å²) in [5.41, 5.74) is 1.09. The molecule has 0 aliphatic heterocycles. The maximum atomic E-state index is 11.6. The van der Waals surface area contributed by atoms with Gasteiger partial charge < -0.3 is 15.4 Å². The van der Waals surface area contributed by atoms with E-state index in [1.807, 2.05) is 38.1 Å². The molecule has 1 unspecified atom stereocenters. The molecule has 1 amide bonds. The van der Waals surface area contributed by atoms with E-state index >= 15 is 0 Å². The Balaban J connectivity index is 2.44. The molecule has 2 N–H and O–H groups in total. The molecule has 0 aliphatic rings. The van der Waals surface area contributed by atoms with Crippen LogP contribution in [0.2, 0.25) is 0 Å². The molecule has 0 saturated carbocycles. The molecular weight excluding hydrogens is 240 g/mol. The molecule has 0 spiro atoms. The Hall–Kier alpha value is -1.81. The summed E-state index contributed by atoms with van der Waals surface area (Å²) in [5.74, 6) is 0.825. The number of nitrogens with one attached hydrogen (secondary N) is 2. The fourth-order valence-corrected chi connectivity index (χ4v) is 1.60. The standard InChI is InChI=1S/C15H22N2O2/c1-4-9-16-15(18)12(3)17-11-13-7-6-8-14(10-13)19-5-2/h4,6-8,10,12,17H,1,5,9,11H2,2-3H3,(H,16,18).